The van der Waals surface area contributed by atoms with Gasteiger partial charge in [-0.05, 0) is 26.0 Å². The lowest BCUT2D eigenvalue weighted by atomic mass is 10.2. The van der Waals surface area contributed by atoms with Gasteiger partial charge in [-0.25, -0.2) is 4.99 Å². The molecule has 1 amide bonds. The summed E-state index contributed by atoms with van der Waals surface area (Å²) in [6.07, 6.45) is 0. The van der Waals surface area contributed by atoms with E-state index in [4.69, 9.17) is 4.74 Å². The highest BCUT2D eigenvalue weighted by Crippen LogP contribution is 2.15. The summed E-state index contributed by atoms with van der Waals surface area (Å²) < 4.78 is 5.43. The van der Waals surface area contributed by atoms with Gasteiger partial charge in [-0.3, -0.25) is 9.69 Å². The number of carbonyl (C=O) groups excluding carboxylic acids is 1. The van der Waals surface area contributed by atoms with Gasteiger partial charge in [0.15, 0.2) is 5.96 Å². The first-order chi connectivity index (χ1) is 14.7. The Kier molecular flexibility index (Phi) is 8.77. The van der Waals surface area contributed by atoms with Crippen LogP contribution in [-0.4, -0.2) is 99.8 Å². The van der Waals surface area contributed by atoms with Crippen molar-refractivity contribution in [1.29, 1.82) is 0 Å². The number of rotatable bonds is 7. The second-order valence-electron chi connectivity index (χ2n) is 7.78. The zero-order chi connectivity index (χ0) is 21.2. The fourth-order valence-corrected chi connectivity index (χ4v) is 3.83. The quantitative estimate of drug-likeness (QED) is 0.501. The van der Waals surface area contributed by atoms with E-state index in [1.807, 2.05) is 17.9 Å². The highest BCUT2D eigenvalue weighted by Gasteiger charge is 2.21. The van der Waals surface area contributed by atoms with Gasteiger partial charge >= 0.3 is 0 Å². The van der Waals surface area contributed by atoms with Gasteiger partial charge in [0.05, 0.1) is 13.2 Å². The second kappa shape index (κ2) is 11.8. The minimum Gasteiger partial charge on any atom is -0.379 e. The van der Waals surface area contributed by atoms with Crippen molar-refractivity contribution in [2.24, 2.45) is 4.99 Å². The zero-order valence-electron chi connectivity index (χ0n) is 18.3. The number of nitrogens with zero attached hydrogens (tertiary/aromatic N) is 4. The molecule has 8 nitrogen and oxygen atoms in total. The smallest absolute Gasteiger partial charge is 0.244 e. The minimum atomic E-state index is 0.0844. The van der Waals surface area contributed by atoms with Crippen LogP contribution in [-0.2, 0) is 9.53 Å². The molecule has 166 valence electrons. The number of hydrogen-bond acceptors (Lipinski definition) is 5. The number of guanidine groups is 1. The molecule has 2 heterocycles. The lowest BCUT2D eigenvalue weighted by Crippen LogP contribution is -2.50. The number of carbonyl (C=O) groups is 1. The van der Waals surface area contributed by atoms with Crippen LogP contribution < -0.4 is 15.5 Å². The molecular formula is C22H36N6O2. The molecule has 2 N–H and O–H groups in total. The number of ether oxygens (including phenoxy) is 1. The lowest BCUT2D eigenvalue weighted by Gasteiger charge is -2.36. The van der Waals surface area contributed by atoms with Crippen LogP contribution in [0.2, 0.25) is 0 Å². The molecule has 30 heavy (non-hydrogen) atoms. The van der Waals surface area contributed by atoms with Crippen molar-refractivity contribution in [2.45, 2.75) is 19.9 Å². The summed E-state index contributed by atoms with van der Waals surface area (Å²) in [6.45, 7) is 12.7. The summed E-state index contributed by atoms with van der Waals surface area (Å²) in [4.78, 5) is 23.8. The van der Waals surface area contributed by atoms with Crippen LogP contribution in [0, 0.1) is 0 Å². The van der Waals surface area contributed by atoms with Gasteiger partial charge in [-0.15, -0.1) is 0 Å². The Hall–Kier alpha value is -2.32. The molecule has 2 aliphatic rings. The number of morpholine rings is 1. The van der Waals surface area contributed by atoms with Crippen molar-refractivity contribution in [2.75, 3.05) is 77.0 Å². The van der Waals surface area contributed by atoms with E-state index in [1.165, 1.54) is 5.69 Å². The highest BCUT2D eigenvalue weighted by atomic mass is 16.5. The average Bonchev–Trinajstić information content (AvgIpc) is 2.81. The van der Waals surface area contributed by atoms with Crippen molar-refractivity contribution in [3.63, 3.8) is 0 Å². The first kappa shape index (κ1) is 22.4. The van der Waals surface area contributed by atoms with E-state index in [2.05, 4.69) is 56.6 Å². The summed E-state index contributed by atoms with van der Waals surface area (Å²) in [7, 11) is 0. The second-order valence-corrected chi connectivity index (χ2v) is 7.78. The molecule has 0 spiro atoms. The molecular weight excluding hydrogens is 380 g/mol. The van der Waals surface area contributed by atoms with E-state index < -0.39 is 0 Å². The topological polar surface area (TPSA) is 72.4 Å². The number of anilines is 1. The number of hydrogen-bond donors (Lipinski definition) is 2. The average molecular weight is 417 g/mol. The van der Waals surface area contributed by atoms with E-state index >= 15 is 0 Å². The maximum atomic E-state index is 12.7. The minimum absolute atomic E-state index is 0.0844. The van der Waals surface area contributed by atoms with Gasteiger partial charge in [-0.1, -0.05) is 18.2 Å². The predicted octanol–water partition coefficient (Wildman–Crippen LogP) is 0.611. The summed E-state index contributed by atoms with van der Waals surface area (Å²) >= 11 is 0. The maximum absolute atomic E-state index is 12.7. The molecule has 8 heteroatoms. The number of nitrogens with one attached hydrogen (secondary N) is 2. The molecule has 2 fully saturated rings. The van der Waals surface area contributed by atoms with Crippen LogP contribution in [0.5, 0.6) is 0 Å². The molecule has 3 rings (SSSR count). The number of amides is 1. The summed E-state index contributed by atoms with van der Waals surface area (Å²) in [5.74, 6) is 0.787. The monoisotopic (exact) mass is 416 g/mol. The van der Waals surface area contributed by atoms with Crippen molar-refractivity contribution < 1.29 is 9.53 Å². The summed E-state index contributed by atoms with van der Waals surface area (Å²) in [5, 5.41) is 6.63. The number of benzene rings is 1. The molecule has 1 unspecified atom stereocenters. The molecule has 0 aliphatic carbocycles. The van der Waals surface area contributed by atoms with Crippen molar-refractivity contribution >= 4 is 17.6 Å². The molecule has 2 aliphatic heterocycles. The first-order valence-electron chi connectivity index (χ1n) is 11.1. The van der Waals surface area contributed by atoms with Gasteiger partial charge in [0.1, 0.15) is 6.54 Å². The highest BCUT2D eigenvalue weighted by molar-refractivity contribution is 5.85. The van der Waals surface area contributed by atoms with Gasteiger partial charge in [-0.2, -0.15) is 0 Å². The van der Waals surface area contributed by atoms with Gasteiger partial charge < -0.3 is 25.2 Å². The standard InChI is InChI=1S/C22H36N6O2/c1-3-23-22(24-17-19(2)26-13-15-30-16-14-26)25-18-21(29)28-11-9-27(10-12-28)20-7-5-4-6-8-20/h4-8,19H,3,9-18H2,1-2H3,(H2,23,24,25). The Labute approximate surface area is 180 Å². The number of aliphatic imine (C=N–C) groups is 1. The molecule has 1 aromatic carbocycles. The zero-order valence-corrected chi connectivity index (χ0v) is 18.3. The van der Waals surface area contributed by atoms with Crippen molar-refractivity contribution in [3.8, 4) is 0 Å². The van der Waals surface area contributed by atoms with Crippen LogP contribution in [0.25, 0.3) is 0 Å². The third kappa shape index (κ3) is 6.60. The van der Waals surface area contributed by atoms with Gasteiger partial charge in [0.25, 0.3) is 0 Å². The van der Waals surface area contributed by atoms with Crippen LogP contribution >= 0.6 is 0 Å². The number of piperazine rings is 1. The third-order valence-electron chi connectivity index (χ3n) is 5.70. The molecule has 0 saturated carbocycles. The first-order valence-corrected chi connectivity index (χ1v) is 11.1. The Morgan fingerprint density at radius 2 is 1.77 bits per heavy atom. The molecule has 0 aromatic heterocycles. The van der Waals surface area contributed by atoms with Crippen LogP contribution in [0.15, 0.2) is 35.3 Å². The van der Waals surface area contributed by atoms with Gasteiger partial charge in [0.2, 0.25) is 5.91 Å². The van der Waals surface area contributed by atoms with E-state index in [1.54, 1.807) is 0 Å². The predicted molar refractivity (Wildman–Crippen MR) is 121 cm³/mol. The number of para-hydroxylation sites is 1. The SMILES string of the molecule is CCNC(=NCC(=O)N1CCN(c2ccccc2)CC1)NCC(C)N1CCOCC1. The lowest BCUT2D eigenvalue weighted by molar-refractivity contribution is -0.129. The van der Waals surface area contributed by atoms with Crippen LogP contribution in [0.1, 0.15) is 13.8 Å². The van der Waals surface area contributed by atoms with E-state index in [0.29, 0.717) is 12.0 Å². The summed E-state index contributed by atoms with van der Waals surface area (Å²) in [5.41, 5.74) is 1.22. The molecule has 2 saturated heterocycles. The Morgan fingerprint density at radius 1 is 1.07 bits per heavy atom. The van der Waals surface area contributed by atoms with E-state index in [0.717, 1.165) is 65.6 Å². The third-order valence-corrected chi connectivity index (χ3v) is 5.70. The normalized spacial score (nSPS) is 19.5. The molecule has 1 atom stereocenters. The van der Waals surface area contributed by atoms with Gasteiger partial charge in [0, 0.05) is 64.1 Å². The van der Waals surface area contributed by atoms with E-state index in [9.17, 15) is 4.79 Å². The summed E-state index contributed by atoms with van der Waals surface area (Å²) in [6, 6.07) is 10.8. The molecule has 0 bridgehead atoms. The Balaban J connectivity index is 1.44. The van der Waals surface area contributed by atoms with Crippen LogP contribution in [0.4, 0.5) is 5.69 Å². The van der Waals surface area contributed by atoms with Crippen molar-refractivity contribution in [3.05, 3.63) is 30.3 Å². The Morgan fingerprint density at radius 3 is 2.43 bits per heavy atom. The fraction of sp³-hybridized carbons (Fsp3) is 0.636. The molecule has 0 radical (unpaired) electrons. The maximum Gasteiger partial charge on any atom is 0.244 e. The van der Waals surface area contributed by atoms with E-state index in [-0.39, 0.29) is 12.5 Å². The fourth-order valence-electron chi connectivity index (χ4n) is 3.83. The largest absolute Gasteiger partial charge is 0.379 e. The molecule has 1 aromatic rings. The van der Waals surface area contributed by atoms with Crippen molar-refractivity contribution in [1.82, 2.24) is 20.4 Å². The Bertz CT molecular complexity index is 669. The van der Waals surface area contributed by atoms with Crippen LogP contribution in [0.3, 0.4) is 0 Å².